The van der Waals surface area contributed by atoms with Crippen molar-refractivity contribution in [1.29, 1.82) is 0 Å². The van der Waals surface area contributed by atoms with E-state index < -0.39 is 0 Å². The number of nitrogens with zero attached hydrogens (tertiary/aromatic N) is 1. The smallest absolute Gasteiger partial charge is 0.297 e. The maximum absolute atomic E-state index is 3.77. The summed E-state index contributed by atoms with van der Waals surface area (Å²) in [4.78, 5) is 3.77. The summed E-state index contributed by atoms with van der Waals surface area (Å²) in [5.41, 5.74) is 1.28. The van der Waals surface area contributed by atoms with Crippen LogP contribution in [0.2, 0.25) is 0 Å². The van der Waals surface area contributed by atoms with E-state index in [0.29, 0.717) is 0 Å². The van der Waals surface area contributed by atoms with Crippen LogP contribution in [0.1, 0.15) is 15.3 Å². The van der Waals surface area contributed by atoms with E-state index in [-0.39, 0.29) is 1.43 Å². The quantitative estimate of drug-likeness (QED) is 0.443. The van der Waals surface area contributed by atoms with Gasteiger partial charge in [-0.3, -0.25) is 4.99 Å². The first-order valence-corrected chi connectivity index (χ1v) is 2.33. The minimum atomic E-state index is 0. The first kappa shape index (κ1) is 6.41. The largest absolute Gasteiger partial charge is 1.00 e. The minimum absolute atomic E-state index is 0. The topological polar surface area (TPSA) is 12.4 Å². The zero-order valence-corrected chi connectivity index (χ0v) is 5.10. The van der Waals surface area contributed by atoms with E-state index in [9.17, 15) is 0 Å². The Morgan fingerprint density at radius 1 is 1.57 bits per heavy atom. The summed E-state index contributed by atoms with van der Waals surface area (Å²) in [6, 6.07) is 0. The normalized spacial score (nSPS) is 9.57. The second-order valence-electron chi connectivity index (χ2n) is 1.65. The van der Waals surface area contributed by atoms with E-state index in [0.717, 1.165) is 0 Å². The fraction of sp³-hybridized carbons (Fsp3) is 0.500. The first-order chi connectivity index (χ1) is 3.27. The van der Waals surface area contributed by atoms with Crippen LogP contribution in [-0.4, -0.2) is 13.3 Å². The average molecular weight is 98.2 g/mol. The van der Waals surface area contributed by atoms with Gasteiger partial charge in [0.15, 0.2) is 0 Å². The molecule has 0 saturated carbocycles. The van der Waals surface area contributed by atoms with Gasteiger partial charge in [0.1, 0.15) is 0 Å². The van der Waals surface area contributed by atoms with Crippen molar-refractivity contribution < 1.29 is 1.43 Å². The lowest BCUT2D eigenvalue weighted by molar-refractivity contribution is 1.40. The van der Waals surface area contributed by atoms with E-state index in [2.05, 4.69) is 4.99 Å². The maximum Gasteiger partial charge on any atom is 1.00 e. The summed E-state index contributed by atoms with van der Waals surface area (Å²) in [6.45, 7) is 4.09. The Hall–Kier alpha value is -0.590. The Balaban J connectivity index is 0. The van der Waals surface area contributed by atoms with Crippen molar-refractivity contribution in [1.82, 2.24) is 0 Å². The molecular weight excluding hydrogens is 86.1 g/mol. The molecule has 7 heavy (non-hydrogen) atoms. The van der Waals surface area contributed by atoms with Gasteiger partial charge in [-0.2, -0.15) is 0 Å². The van der Waals surface area contributed by atoms with Gasteiger partial charge in [0.25, 0.3) is 0 Å². The van der Waals surface area contributed by atoms with Crippen LogP contribution in [-0.2, 0) is 0 Å². The van der Waals surface area contributed by atoms with Crippen LogP contribution >= 0.6 is 0 Å². The molecule has 40 valence electrons. The molecule has 0 aromatic carbocycles. The standard InChI is InChI=1S/C6H11N/c1-6(2)4-5-7-3/h4-5H,1-3H3/p+1. The molecule has 0 fully saturated rings. The van der Waals surface area contributed by atoms with Crippen LogP contribution in [0.15, 0.2) is 16.6 Å². The van der Waals surface area contributed by atoms with Gasteiger partial charge >= 0.3 is 1.43 Å². The summed E-state index contributed by atoms with van der Waals surface area (Å²) < 4.78 is 0. The average Bonchev–Trinajstić information content (AvgIpc) is 1.61. The SMILES string of the molecule is CN=CC=C(C)C.[H+]. The maximum atomic E-state index is 3.77. The Morgan fingerprint density at radius 3 is 2.29 bits per heavy atom. The first-order valence-electron chi connectivity index (χ1n) is 2.33. The molecule has 0 radical (unpaired) electrons. The molecule has 0 aromatic heterocycles. The van der Waals surface area contributed by atoms with Crippen molar-refractivity contribution in [3.8, 4) is 0 Å². The molecule has 0 bridgehead atoms. The van der Waals surface area contributed by atoms with Crippen LogP contribution in [0, 0.1) is 0 Å². The predicted octanol–water partition coefficient (Wildman–Crippen LogP) is 1.77. The molecule has 0 N–H and O–H groups in total. The van der Waals surface area contributed by atoms with Gasteiger partial charge in [0.2, 0.25) is 0 Å². The van der Waals surface area contributed by atoms with Crippen molar-refractivity contribution >= 4 is 6.21 Å². The zero-order chi connectivity index (χ0) is 5.70. The highest BCUT2D eigenvalue weighted by molar-refractivity contribution is 5.71. The Labute approximate surface area is 46.3 Å². The highest BCUT2D eigenvalue weighted by Crippen LogP contribution is 1.82. The molecule has 0 aliphatic heterocycles. The van der Waals surface area contributed by atoms with Crippen molar-refractivity contribution in [2.45, 2.75) is 13.8 Å². The number of hydrogen-bond donors (Lipinski definition) is 0. The number of rotatable bonds is 1. The number of aliphatic imine (C=N–C) groups is 1. The molecule has 1 heteroatoms. The molecule has 0 spiro atoms. The van der Waals surface area contributed by atoms with Crippen molar-refractivity contribution in [3.05, 3.63) is 11.6 Å². The molecule has 0 aliphatic carbocycles. The van der Waals surface area contributed by atoms with Crippen molar-refractivity contribution in [2.75, 3.05) is 7.05 Å². The Kier molecular flexibility index (Phi) is 3.29. The van der Waals surface area contributed by atoms with E-state index in [4.69, 9.17) is 0 Å². The Morgan fingerprint density at radius 2 is 2.14 bits per heavy atom. The summed E-state index contributed by atoms with van der Waals surface area (Å²) in [5, 5.41) is 0. The van der Waals surface area contributed by atoms with Gasteiger partial charge in [-0.25, -0.2) is 0 Å². The molecule has 0 rings (SSSR count). The lowest BCUT2D eigenvalue weighted by Crippen LogP contribution is -1.65. The fourth-order valence-electron chi connectivity index (χ4n) is 0.224. The summed E-state index contributed by atoms with van der Waals surface area (Å²) in [5.74, 6) is 0. The molecule has 0 heterocycles. The van der Waals surface area contributed by atoms with Gasteiger partial charge in [0.05, 0.1) is 0 Å². The van der Waals surface area contributed by atoms with E-state index in [1.807, 2.05) is 19.9 Å². The van der Waals surface area contributed by atoms with Crippen LogP contribution in [0.5, 0.6) is 0 Å². The molecule has 0 amide bonds. The molecule has 0 aromatic rings. The third-order valence-corrected chi connectivity index (χ3v) is 0.557. The van der Waals surface area contributed by atoms with Gasteiger partial charge < -0.3 is 0 Å². The monoisotopic (exact) mass is 98.1 g/mol. The second kappa shape index (κ2) is 3.59. The third-order valence-electron chi connectivity index (χ3n) is 0.557. The third kappa shape index (κ3) is 5.41. The van der Waals surface area contributed by atoms with Crippen LogP contribution in [0.4, 0.5) is 0 Å². The van der Waals surface area contributed by atoms with Crippen LogP contribution in [0.25, 0.3) is 0 Å². The van der Waals surface area contributed by atoms with E-state index >= 15 is 0 Å². The zero-order valence-electron chi connectivity index (χ0n) is 6.10. The number of hydrogen-bond acceptors (Lipinski definition) is 1. The fourth-order valence-corrected chi connectivity index (χ4v) is 0.224. The van der Waals surface area contributed by atoms with Crippen LogP contribution < -0.4 is 0 Å². The van der Waals surface area contributed by atoms with Gasteiger partial charge in [-0.05, 0) is 19.9 Å². The highest BCUT2D eigenvalue weighted by atomic mass is 14.6. The molecular formula is C6H12N+. The van der Waals surface area contributed by atoms with Gasteiger partial charge in [0, 0.05) is 13.3 Å². The molecule has 0 aliphatic rings. The molecule has 1 nitrogen and oxygen atoms in total. The lowest BCUT2D eigenvalue weighted by Gasteiger charge is -1.77. The summed E-state index contributed by atoms with van der Waals surface area (Å²) in [6.07, 6.45) is 3.76. The van der Waals surface area contributed by atoms with Crippen molar-refractivity contribution in [3.63, 3.8) is 0 Å². The minimum Gasteiger partial charge on any atom is -0.297 e. The summed E-state index contributed by atoms with van der Waals surface area (Å²) >= 11 is 0. The number of allylic oxidation sites excluding steroid dienone is 2. The molecule has 0 saturated heterocycles. The lowest BCUT2D eigenvalue weighted by atomic mass is 10.3. The van der Waals surface area contributed by atoms with Gasteiger partial charge in [-0.1, -0.05) is 5.57 Å². The Bertz CT molecular complexity index is 90.7. The molecule has 0 atom stereocenters. The van der Waals surface area contributed by atoms with Gasteiger partial charge in [-0.15, -0.1) is 0 Å². The van der Waals surface area contributed by atoms with Crippen LogP contribution in [0.3, 0.4) is 0 Å². The second-order valence-corrected chi connectivity index (χ2v) is 1.65. The van der Waals surface area contributed by atoms with Crippen molar-refractivity contribution in [2.24, 2.45) is 4.99 Å². The molecule has 0 unspecified atom stereocenters. The highest BCUT2D eigenvalue weighted by Gasteiger charge is 1.66. The van der Waals surface area contributed by atoms with E-state index in [1.165, 1.54) is 5.57 Å². The summed E-state index contributed by atoms with van der Waals surface area (Å²) in [7, 11) is 1.76. The van der Waals surface area contributed by atoms with E-state index in [1.54, 1.807) is 13.3 Å². The predicted molar refractivity (Wildman–Crippen MR) is 35.0 cm³/mol.